The highest BCUT2D eigenvalue weighted by molar-refractivity contribution is 5.78. The maximum atomic E-state index is 11.7. The summed E-state index contributed by atoms with van der Waals surface area (Å²) in [5.74, 6) is 0.439. The molecule has 1 unspecified atom stereocenters. The Kier molecular flexibility index (Phi) is 4.90. The van der Waals surface area contributed by atoms with Crippen molar-refractivity contribution in [3.63, 3.8) is 0 Å². The van der Waals surface area contributed by atoms with Gasteiger partial charge < -0.3 is 16.0 Å². The van der Waals surface area contributed by atoms with E-state index in [0.29, 0.717) is 6.04 Å². The Morgan fingerprint density at radius 1 is 1.50 bits per heavy atom. The van der Waals surface area contributed by atoms with Crippen molar-refractivity contribution >= 4 is 5.91 Å². The minimum atomic E-state index is 0.216. The third kappa shape index (κ3) is 3.64. The summed E-state index contributed by atoms with van der Waals surface area (Å²) in [4.78, 5) is 11.7. The summed E-state index contributed by atoms with van der Waals surface area (Å²) in [6.07, 6.45) is 1.94. The number of likely N-dealkylation sites (N-methyl/N-ethyl adjacent to an activating group) is 1. The molecule has 1 amide bonds. The molecule has 0 radical (unpaired) electrons. The average Bonchev–Trinajstić information content (AvgIpc) is 2.26. The zero-order valence-corrected chi connectivity index (χ0v) is 9.10. The van der Waals surface area contributed by atoms with Crippen LogP contribution in [0.1, 0.15) is 19.8 Å². The van der Waals surface area contributed by atoms with Gasteiger partial charge in [0.2, 0.25) is 5.91 Å². The zero-order valence-electron chi connectivity index (χ0n) is 9.10. The number of rotatable bonds is 4. The van der Waals surface area contributed by atoms with E-state index in [9.17, 15) is 4.79 Å². The van der Waals surface area contributed by atoms with Gasteiger partial charge in [0, 0.05) is 18.5 Å². The number of hydrogen-bond acceptors (Lipinski definition) is 3. The van der Waals surface area contributed by atoms with Crippen molar-refractivity contribution in [3.8, 4) is 0 Å². The molecule has 3 N–H and O–H groups in total. The van der Waals surface area contributed by atoms with Crippen LogP contribution in [-0.2, 0) is 4.79 Å². The summed E-state index contributed by atoms with van der Waals surface area (Å²) in [7, 11) is 1.90. The molecule has 4 heteroatoms. The summed E-state index contributed by atoms with van der Waals surface area (Å²) in [6.45, 7) is 4.72. The smallest absolute Gasteiger partial charge is 0.223 e. The summed E-state index contributed by atoms with van der Waals surface area (Å²) in [5.41, 5.74) is 0. The van der Waals surface area contributed by atoms with Crippen LogP contribution in [0.15, 0.2) is 0 Å². The van der Waals surface area contributed by atoms with E-state index in [4.69, 9.17) is 0 Å². The van der Waals surface area contributed by atoms with Gasteiger partial charge in [0.15, 0.2) is 0 Å². The predicted octanol–water partition coefficient (Wildman–Crippen LogP) is -0.290. The minimum absolute atomic E-state index is 0.216. The number of carbonyl (C=O) groups excluding carboxylic acids is 1. The van der Waals surface area contributed by atoms with Gasteiger partial charge >= 0.3 is 0 Å². The number of carbonyl (C=O) groups is 1. The van der Waals surface area contributed by atoms with Gasteiger partial charge in [-0.3, -0.25) is 4.79 Å². The Bertz CT molecular complexity index is 178. The van der Waals surface area contributed by atoms with E-state index in [-0.39, 0.29) is 11.8 Å². The second kappa shape index (κ2) is 5.98. The van der Waals surface area contributed by atoms with Crippen molar-refractivity contribution < 1.29 is 4.79 Å². The van der Waals surface area contributed by atoms with Gasteiger partial charge in [-0.05, 0) is 39.9 Å². The second-order valence-corrected chi connectivity index (χ2v) is 3.96. The van der Waals surface area contributed by atoms with Gasteiger partial charge in [0.1, 0.15) is 0 Å². The lowest BCUT2D eigenvalue weighted by atomic mass is 9.97. The molecule has 0 aromatic heterocycles. The molecule has 0 saturated carbocycles. The third-order valence-electron chi connectivity index (χ3n) is 2.79. The van der Waals surface area contributed by atoms with E-state index in [1.165, 1.54) is 0 Å². The van der Waals surface area contributed by atoms with Crippen LogP contribution in [-0.4, -0.2) is 38.6 Å². The summed E-state index contributed by atoms with van der Waals surface area (Å²) >= 11 is 0. The molecule has 0 bridgehead atoms. The number of piperidine rings is 1. The van der Waals surface area contributed by atoms with Crippen LogP contribution in [0, 0.1) is 5.92 Å². The molecule has 0 aromatic rings. The largest absolute Gasteiger partial charge is 0.354 e. The second-order valence-electron chi connectivity index (χ2n) is 3.96. The summed E-state index contributed by atoms with van der Waals surface area (Å²) in [6, 6.07) is 0.348. The van der Waals surface area contributed by atoms with Gasteiger partial charge in [0.25, 0.3) is 0 Å². The van der Waals surface area contributed by atoms with Crippen molar-refractivity contribution in [1.29, 1.82) is 0 Å². The van der Waals surface area contributed by atoms with E-state index in [1.807, 2.05) is 7.05 Å². The summed E-state index contributed by atoms with van der Waals surface area (Å²) < 4.78 is 0. The standard InChI is InChI=1S/C10H21N3O/c1-8(11-2)7-13-10(14)9-3-5-12-6-4-9/h8-9,11-12H,3-7H2,1-2H3,(H,13,14). The molecule has 1 saturated heterocycles. The first-order valence-electron chi connectivity index (χ1n) is 5.39. The first kappa shape index (κ1) is 11.5. The van der Waals surface area contributed by atoms with Crippen molar-refractivity contribution in [2.45, 2.75) is 25.8 Å². The molecule has 1 heterocycles. The van der Waals surface area contributed by atoms with Crippen LogP contribution in [0.3, 0.4) is 0 Å². The van der Waals surface area contributed by atoms with Crippen molar-refractivity contribution in [1.82, 2.24) is 16.0 Å². The van der Waals surface area contributed by atoms with Gasteiger partial charge in [-0.15, -0.1) is 0 Å². The van der Waals surface area contributed by atoms with Gasteiger partial charge in [-0.1, -0.05) is 0 Å². The van der Waals surface area contributed by atoms with Crippen LogP contribution < -0.4 is 16.0 Å². The zero-order chi connectivity index (χ0) is 10.4. The molecule has 4 nitrogen and oxygen atoms in total. The topological polar surface area (TPSA) is 53.2 Å². The maximum absolute atomic E-state index is 11.7. The van der Waals surface area contributed by atoms with E-state index in [2.05, 4.69) is 22.9 Å². The lowest BCUT2D eigenvalue weighted by Gasteiger charge is -2.22. The average molecular weight is 199 g/mol. The van der Waals surface area contributed by atoms with E-state index >= 15 is 0 Å². The fraction of sp³-hybridized carbons (Fsp3) is 0.900. The Balaban J connectivity index is 2.19. The Morgan fingerprint density at radius 2 is 2.14 bits per heavy atom. The third-order valence-corrected chi connectivity index (χ3v) is 2.79. The molecular formula is C10H21N3O. The lowest BCUT2D eigenvalue weighted by molar-refractivity contribution is -0.125. The summed E-state index contributed by atoms with van der Waals surface area (Å²) in [5, 5.41) is 9.32. The number of hydrogen-bond donors (Lipinski definition) is 3. The Morgan fingerprint density at radius 3 is 2.71 bits per heavy atom. The maximum Gasteiger partial charge on any atom is 0.223 e. The number of nitrogens with one attached hydrogen (secondary N) is 3. The van der Waals surface area contributed by atoms with E-state index in [0.717, 1.165) is 32.5 Å². The lowest BCUT2D eigenvalue weighted by Crippen LogP contribution is -2.42. The van der Waals surface area contributed by atoms with Crippen LogP contribution in [0.2, 0.25) is 0 Å². The SMILES string of the molecule is CNC(C)CNC(=O)C1CCNCC1. The Labute approximate surface area is 85.8 Å². The molecule has 0 spiro atoms. The molecule has 1 rings (SSSR count). The van der Waals surface area contributed by atoms with Crippen LogP contribution in [0.25, 0.3) is 0 Å². The van der Waals surface area contributed by atoms with Gasteiger partial charge in [-0.25, -0.2) is 0 Å². The minimum Gasteiger partial charge on any atom is -0.354 e. The number of amides is 1. The predicted molar refractivity (Wildman–Crippen MR) is 57.1 cm³/mol. The van der Waals surface area contributed by atoms with E-state index < -0.39 is 0 Å². The van der Waals surface area contributed by atoms with Crippen LogP contribution >= 0.6 is 0 Å². The molecule has 1 atom stereocenters. The van der Waals surface area contributed by atoms with Gasteiger partial charge in [0.05, 0.1) is 0 Å². The molecule has 14 heavy (non-hydrogen) atoms. The Hall–Kier alpha value is -0.610. The van der Waals surface area contributed by atoms with E-state index in [1.54, 1.807) is 0 Å². The van der Waals surface area contributed by atoms with Crippen molar-refractivity contribution in [2.75, 3.05) is 26.7 Å². The molecular weight excluding hydrogens is 178 g/mol. The van der Waals surface area contributed by atoms with Gasteiger partial charge in [-0.2, -0.15) is 0 Å². The highest BCUT2D eigenvalue weighted by Gasteiger charge is 2.20. The first-order valence-corrected chi connectivity index (χ1v) is 5.39. The highest BCUT2D eigenvalue weighted by atomic mass is 16.1. The normalized spacial score (nSPS) is 20.4. The quantitative estimate of drug-likeness (QED) is 0.583. The molecule has 0 aliphatic carbocycles. The van der Waals surface area contributed by atoms with Crippen molar-refractivity contribution in [3.05, 3.63) is 0 Å². The molecule has 1 fully saturated rings. The first-order chi connectivity index (χ1) is 6.74. The van der Waals surface area contributed by atoms with Crippen LogP contribution in [0.4, 0.5) is 0 Å². The molecule has 1 aliphatic rings. The van der Waals surface area contributed by atoms with Crippen molar-refractivity contribution in [2.24, 2.45) is 5.92 Å². The molecule has 0 aromatic carbocycles. The monoisotopic (exact) mass is 199 g/mol. The molecule has 1 aliphatic heterocycles. The molecule has 82 valence electrons. The highest BCUT2D eigenvalue weighted by Crippen LogP contribution is 2.10. The fourth-order valence-electron chi connectivity index (χ4n) is 1.58. The van der Waals surface area contributed by atoms with Crippen LogP contribution in [0.5, 0.6) is 0 Å². The fourth-order valence-corrected chi connectivity index (χ4v) is 1.58.